The Bertz CT molecular complexity index is 1330. The van der Waals surface area contributed by atoms with Crippen LogP contribution in [0.5, 0.6) is 0 Å². The predicted octanol–water partition coefficient (Wildman–Crippen LogP) is 16.8. The molecule has 0 spiro atoms. The van der Waals surface area contributed by atoms with Crippen molar-refractivity contribution in [1.29, 1.82) is 0 Å². The molecule has 1 unspecified atom stereocenters. The summed E-state index contributed by atoms with van der Waals surface area (Å²) in [5.74, 6) is -0.959. The van der Waals surface area contributed by atoms with E-state index in [9.17, 15) is 14.4 Å². The molecule has 0 N–H and O–H groups in total. The number of carbonyl (C=O) groups excluding carboxylic acids is 3. The number of unbranched alkanes of at least 4 members (excludes halogenated alkanes) is 20. The van der Waals surface area contributed by atoms with Gasteiger partial charge in [-0.2, -0.15) is 0 Å². The molecule has 0 aromatic heterocycles. The highest BCUT2D eigenvalue weighted by Crippen LogP contribution is 2.13. The largest absolute Gasteiger partial charge is 0.462 e. The van der Waals surface area contributed by atoms with Gasteiger partial charge < -0.3 is 14.2 Å². The van der Waals surface area contributed by atoms with Crippen LogP contribution in [0.4, 0.5) is 0 Å². The third-order valence-electron chi connectivity index (χ3n) is 10.4. The molecule has 0 amide bonds. The Labute approximate surface area is 387 Å². The second kappa shape index (κ2) is 50.7. The zero-order valence-corrected chi connectivity index (χ0v) is 40.5. The summed E-state index contributed by atoms with van der Waals surface area (Å²) in [7, 11) is 0. The third kappa shape index (κ3) is 49.0. The van der Waals surface area contributed by atoms with Crippen LogP contribution in [0.25, 0.3) is 0 Å². The average molecular weight is 873 g/mol. The van der Waals surface area contributed by atoms with E-state index in [4.69, 9.17) is 14.2 Å². The highest BCUT2D eigenvalue weighted by atomic mass is 16.6. The van der Waals surface area contributed by atoms with Crippen LogP contribution in [-0.2, 0) is 28.6 Å². The number of carbonyl (C=O) groups is 3. The minimum Gasteiger partial charge on any atom is -0.462 e. The van der Waals surface area contributed by atoms with E-state index in [0.717, 1.165) is 128 Å². The van der Waals surface area contributed by atoms with Gasteiger partial charge in [0.05, 0.1) is 0 Å². The minimum atomic E-state index is -0.802. The van der Waals surface area contributed by atoms with Crippen molar-refractivity contribution >= 4 is 17.9 Å². The first-order chi connectivity index (χ1) is 31.0. The highest BCUT2D eigenvalue weighted by Gasteiger charge is 2.19. The first-order valence-corrected chi connectivity index (χ1v) is 25.5. The molecule has 0 heterocycles. The third-order valence-corrected chi connectivity index (χ3v) is 10.4. The van der Waals surface area contributed by atoms with Gasteiger partial charge in [-0.3, -0.25) is 14.4 Å². The van der Waals surface area contributed by atoms with Gasteiger partial charge in [-0.1, -0.05) is 214 Å². The molecule has 63 heavy (non-hydrogen) atoms. The second-order valence-corrected chi connectivity index (χ2v) is 16.5. The molecule has 6 nitrogen and oxygen atoms in total. The van der Waals surface area contributed by atoms with Crippen LogP contribution in [0.3, 0.4) is 0 Å². The molecule has 0 radical (unpaired) electrons. The molecule has 0 bridgehead atoms. The fourth-order valence-electron chi connectivity index (χ4n) is 6.61. The SMILES string of the molecule is CC\C=C/C=C\C=C/CCCCCCCC(=O)OCC(COC(=O)CCCCCCC\C=C/C=C\C=C/C=C\CCCCC)OC(=O)CCCCCCCCC/C=C\C/C=C\CC. The van der Waals surface area contributed by atoms with Crippen molar-refractivity contribution in [3.8, 4) is 0 Å². The van der Waals surface area contributed by atoms with Gasteiger partial charge in [-0.25, -0.2) is 0 Å². The lowest BCUT2D eigenvalue weighted by atomic mass is 10.1. The van der Waals surface area contributed by atoms with E-state index in [0.29, 0.717) is 19.3 Å². The van der Waals surface area contributed by atoms with Crippen molar-refractivity contribution in [2.24, 2.45) is 0 Å². The van der Waals surface area contributed by atoms with Crippen molar-refractivity contribution in [2.45, 2.75) is 219 Å². The van der Waals surface area contributed by atoms with Gasteiger partial charge in [0.2, 0.25) is 0 Å². The van der Waals surface area contributed by atoms with Crippen LogP contribution >= 0.6 is 0 Å². The molecule has 356 valence electrons. The topological polar surface area (TPSA) is 78.9 Å². The Hall–Kier alpha value is -3.93. The van der Waals surface area contributed by atoms with Gasteiger partial charge in [0, 0.05) is 19.3 Å². The molecular formula is C57H92O6. The first-order valence-electron chi connectivity index (χ1n) is 25.5. The maximum atomic E-state index is 12.8. The normalized spacial score (nSPS) is 13.0. The molecule has 0 saturated carbocycles. The van der Waals surface area contributed by atoms with Gasteiger partial charge >= 0.3 is 17.9 Å². The molecule has 0 aromatic rings. The zero-order chi connectivity index (χ0) is 45.8. The van der Waals surface area contributed by atoms with Gasteiger partial charge in [0.15, 0.2) is 6.10 Å². The van der Waals surface area contributed by atoms with Crippen LogP contribution in [0.1, 0.15) is 213 Å². The minimum absolute atomic E-state index is 0.102. The van der Waals surface area contributed by atoms with Gasteiger partial charge in [-0.05, 0) is 89.9 Å². The summed E-state index contributed by atoms with van der Waals surface area (Å²) in [5, 5.41) is 0. The summed E-state index contributed by atoms with van der Waals surface area (Å²) >= 11 is 0. The van der Waals surface area contributed by atoms with Gasteiger partial charge in [0.1, 0.15) is 13.2 Å². The Morgan fingerprint density at radius 2 is 0.698 bits per heavy atom. The summed E-state index contributed by atoms with van der Waals surface area (Å²) in [5.41, 5.74) is 0. The molecule has 0 saturated heterocycles. The summed E-state index contributed by atoms with van der Waals surface area (Å²) in [6.45, 7) is 6.30. The lowest BCUT2D eigenvalue weighted by Crippen LogP contribution is -2.30. The second-order valence-electron chi connectivity index (χ2n) is 16.5. The molecule has 0 fully saturated rings. The number of hydrogen-bond acceptors (Lipinski definition) is 6. The van der Waals surface area contributed by atoms with E-state index < -0.39 is 6.10 Å². The number of allylic oxidation sites excluding steroid dienone is 18. The van der Waals surface area contributed by atoms with Crippen LogP contribution < -0.4 is 0 Å². The molecule has 6 heteroatoms. The van der Waals surface area contributed by atoms with E-state index in [2.05, 4.69) is 130 Å². The molecule has 1 atom stereocenters. The van der Waals surface area contributed by atoms with Gasteiger partial charge in [-0.15, -0.1) is 0 Å². The maximum Gasteiger partial charge on any atom is 0.306 e. The highest BCUT2D eigenvalue weighted by molar-refractivity contribution is 5.71. The Morgan fingerprint density at radius 1 is 0.349 bits per heavy atom. The molecule has 0 aromatic carbocycles. The Balaban J connectivity index is 4.48. The van der Waals surface area contributed by atoms with Crippen molar-refractivity contribution < 1.29 is 28.6 Å². The van der Waals surface area contributed by atoms with Crippen LogP contribution in [0, 0.1) is 0 Å². The molecular weight excluding hydrogens is 781 g/mol. The Morgan fingerprint density at radius 3 is 1.14 bits per heavy atom. The van der Waals surface area contributed by atoms with E-state index >= 15 is 0 Å². The number of esters is 3. The lowest BCUT2D eigenvalue weighted by molar-refractivity contribution is -0.167. The Kier molecular flexibility index (Phi) is 47.5. The average Bonchev–Trinajstić information content (AvgIpc) is 3.28. The summed E-state index contributed by atoms with van der Waals surface area (Å²) < 4.78 is 16.7. The van der Waals surface area contributed by atoms with Crippen molar-refractivity contribution in [3.63, 3.8) is 0 Å². The van der Waals surface area contributed by atoms with Gasteiger partial charge in [0.25, 0.3) is 0 Å². The predicted molar refractivity (Wildman–Crippen MR) is 270 cm³/mol. The van der Waals surface area contributed by atoms with Crippen LogP contribution in [0.15, 0.2) is 109 Å². The zero-order valence-electron chi connectivity index (χ0n) is 40.5. The summed E-state index contributed by atoms with van der Waals surface area (Å²) in [4.78, 5) is 38.0. The molecule has 0 aliphatic carbocycles. The van der Waals surface area contributed by atoms with Crippen molar-refractivity contribution in [2.75, 3.05) is 13.2 Å². The molecule has 0 aliphatic heterocycles. The quantitative estimate of drug-likeness (QED) is 0.0199. The van der Waals surface area contributed by atoms with E-state index in [-0.39, 0.29) is 31.1 Å². The molecule has 0 rings (SSSR count). The fourth-order valence-corrected chi connectivity index (χ4v) is 6.61. The number of hydrogen-bond donors (Lipinski definition) is 0. The lowest BCUT2D eigenvalue weighted by Gasteiger charge is -2.18. The van der Waals surface area contributed by atoms with Crippen molar-refractivity contribution in [3.05, 3.63) is 109 Å². The van der Waals surface area contributed by atoms with E-state index in [1.165, 1.54) is 44.9 Å². The van der Waals surface area contributed by atoms with Crippen molar-refractivity contribution in [1.82, 2.24) is 0 Å². The van der Waals surface area contributed by atoms with Crippen LogP contribution in [-0.4, -0.2) is 37.2 Å². The smallest absolute Gasteiger partial charge is 0.306 e. The first kappa shape index (κ1) is 59.1. The van der Waals surface area contributed by atoms with Crippen LogP contribution in [0.2, 0.25) is 0 Å². The standard InChI is InChI=1S/C57H92O6/c1-4-7-10-13-16-19-22-25-27-28-29-30-33-35-38-41-44-47-50-56(59)62-53-54(52-61-55(58)49-46-43-40-37-34-31-24-21-18-15-12-9-6-3)63-57(60)51-48-45-42-39-36-32-26-23-20-17-14-11-8-5-2/h8-9,11-12,15-22,24-25,27-30,54H,4-7,10,13-14,23,26,31-53H2,1-3H3/b11-8-,12-9-,18-15-,19-16-,20-17-,24-21-,25-22-,28-27-,30-29-. The maximum absolute atomic E-state index is 12.8. The molecule has 0 aliphatic rings. The number of ether oxygens (including phenoxy) is 3. The number of rotatable bonds is 44. The summed E-state index contributed by atoms with van der Waals surface area (Å²) in [6.07, 6.45) is 67.8. The van der Waals surface area contributed by atoms with E-state index in [1.807, 2.05) is 0 Å². The monoisotopic (exact) mass is 873 g/mol. The fraction of sp³-hybridized carbons (Fsp3) is 0.632. The van der Waals surface area contributed by atoms with E-state index in [1.54, 1.807) is 0 Å². The summed E-state index contributed by atoms with van der Waals surface area (Å²) in [6, 6.07) is 0.